The Morgan fingerprint density at radius 1 is 1.37 bits per heavy atom. The lowest BCUT2D eigenvalue weighted by Crippen LogP contribution is -2.12. The zero-order chi connectivity index (χ0) is 13.8. The van der Waals surface area contributed by atoms with E-state index in [2.05, 4.69) is 15.5 Å². The molecule has 1 aromatic heterocycles. The minimum Gasteiger partial charge on any atom is -0.493 e. The van der Waals surface area contributed by atoms with E-state index in [1.807, 2.05) is 0 Å². The van der Waals surface area contributed by atoms with Crippen molar-refractivity contribution >= 4 is 5.97 Å². The van der Waals surface area contributed by atoms with Gasteiger partial charge in [0.05, 0.1) is 19.8 Å². The first-order valence-corrected chi connectivity index (χ1v) is 5.36. The van der Waals surface area contributed by atoms with E-state index in [1.165, 1.54) is 18.9 Å². The summed E-state index contributed by atoms with van der Waals surface area (Å²) in [5, 5.41) is 19.8. The fourth-order valence-corrected chi connectivity index (χ4v) is 1.70. The molecular weight excluding hydrogens is 252 g/mol. The van der Waals surface area contributed by atoms with Crippen LogP contribution < -0.4 is 9.47 Å². The second-order valence-corrected chi connectivity index (χ2v) is 3.59. The summed E-state index contributed by atoms with van der Waals surface area (Å²) >= 11 is 0. The highest BCUT2D eigenvalue weighted by atomic mass is 16.5. The molecule has 8 heteroatoms. The van der Waals surface area contributed by atoms with Gasteiger partial charge in [-0.3, -0.25) is 4.79 Å². The van der Waals surface area contributed by atoms with Crippen LogP contribution in [-0.2, 0) is 11.3 Å². The van der Waals surface area contributed by atoms with E-state index in [0.717, 1.165) is 0 Å². The van der Waals surface area contributed by atoms with Crippen LogP contribution in [0.1, 0.15) is 0 Å². The van der Waals surface area contributed by atoms with Gasteiger partial charge in [-0.05, 0) is 22.6 Å². The van der Waals surface area contributed by atoms with Crippen LogP contribution in [0.15, 0.2) is 18.2 Å². The molecule has 0 bridgehead atoms. The van der Waals surface area contributed by atoms with E-state index in [4.69, 9.17) is 14.6 Å². The predicted molar refractivity (Wildman–Crippen MR) is 64.0 cm³/mol. The summed E-state index contributed by atoms with van der Waals surface area (Å²) in [5.41, 5.74) is 0.563. The minimum atomic E-state index is -1.03. The Morgan fingerprint density at radius 2 is 2.16 bits per heavy atom. The third kappa shape index (κ3) is 2.46. The van der Waals surface area contributed by atoms with Crippen molar-refractivity contribution in [3.8, 4) is 22.9 Å². The standard InChI is InChI=1S/C11H12N4O4/c1-18-8-5-3-4-7(10(8)19-2)11-12-13-14-15(11)6-9(16)17/h3-5H,6H2,1-2H3,(H,16,17). The third-order valence-corrected chi connectivity index (χ3v) is 2.46. The summed E-state index contributed by atoms with van der Waals surface area (Å²) in [5.74, 6) is 0.241. The van der Waals surface area contributed by atoms with Gasteiger partial charge in [0.15, 0.2) is 17.3 Å². The SMILES string of the molecule is COc1cccc(-c2nnnn2CC(=O)O)c1OC. The van der Waals surface area contributed by atoms with Crippen LogP contribution >= 0.6 is 0 Å². The fraction of sp³-hybridized carbons (Fsp3) is 0.273. The van der Waals surface area contributed by atoms with E-state index in [0.29, 0.717) is 22.9 Å². The molecule has 0 aliphatic rings. The highest BCUT2D eigenvalue weighted by molar-refractivity contribution is 5.71. The van der Waals surface area contributed by atoms with Gasteiger partial charge in [-0.15, -0.1) is 5.10 Å². The van der Waals surface area contributed by atoms with Crippen molar-refractivity contribution in [2.45, 2.75) is 6.54 Å². The number of benzene rings is 1. The van der Waals surface area contributed by atoms with Crippen molar-refractivity contribution in [2.24, 2.45) is 0 Å². The Balaban J connectivity index is 2.53. The molecule has 0 saturated heterocycles. The Morgan fingerprint density at radius 3 is 2.79 bits per heavy atom. The number of carboxylic acid groups (broad SMARTS) is 1. The number of nitrogens with zero attached hydrogens (tertiary/aromatic N) is 4. The molecule has 0 aliphatic carbocycles. The molecule has 19 heavy (non-hydrogen) atoms. The maximum atomic E-state index is 10.8. The van der Waals surface area contributed by atoms with E-state index in [9.17, 15) is 4.79 Å². The van der Waals surface area contributed by atoms with Crippen LogP contribution in [0.25, 0.3) is 11.4 Å². The molecule has 100 valence electrons. The first-order chi connectivity index (χ1) is 9.17. The van der Waals surface area contributed by atoms with Crippen molar-refractivity contribution in [1.29, 1.82) is 0 Å². The Kier molecular flexibility index (Phi) is 3.60. The monoisotopic (exact) mass is 264 g/mol. The highest BCUT2D eigenvalue weighted by Crippen LogP contribution is 2.36. The maximum Gasteiger partial charge on any atom is 0.325 e. The lowest BCUT2D eigenvalue weighted by Gasteiger charge is -2.11. The quantitative estimate of drug-likeness (QED) is 0.836. The molecule has 1 heterocycles. The number of para-hydroxylation sites is 1. The lowest BCUT2D eigenvalue weighted by atomic mass is 10.1. The van der Waals surface area contributed by atoms with Crippen molar-refractivity contribution in [1.82, 2.24) is 20.2 Å². The van der Waals surface area contributed by atoms with Crippen molar-refractivity contribution < 1.29 is 19.4 Å². The number of carbonyl (C=O) groups is 1. The summed E-state index contributed by atoms with van der Waals surface area (Å²) in [6, 6.07) is 5.20. The van der Waals surface area contributed by atoms with Gasteiger partial charge in [0.25, 0.3) is 0 Å². The molecule has 0 amide bonds. The molecule has 2 rings (SSSR count). The van der Waals surface area contributed by atoms with Crippen LogP contribution in [0, 0.1) is 0 Å². The number of ether oxygens (including phenoxy) is 2. The number of rotatable bonds is 5. The number of tetrazole rings is 1. The smallest absolute Gasteiger partial charge is 0.325 e. The summed E-state index contributed by atoms with van der Waals surface area (Å²) in [6.45, 7) is -0.331. The van der Waals surface area contributed by atoms with Gasteiger partial charge in [-0.2, -0.15) is 0 Å². The van der Waals surface area contributed by atoms with Gasteiger partial charge in [0.2, 0.25) is 0 Å². The fourth-order valence-electron chi connectivity index (χ4n) is 1.70. The van der Waals surface area contributed by atoms with E-state index in [-0.39, 0.29) is 6.54 Å². The summed E-state index contributed by atoms with van der Waals surface area (Å²) in [7, 11) is 3.01. The molecular formula is C11H12N4O4. The van der Waals surface area contributed by atoms with Gasteiger partial charge < -0.3 is 14.6 Å². The number of aliphatic carboxylic acids is 1. The Hall–Kier alpha value is -2.64. The zero-order valence-corrected chi connectivity index (χ0v) is 10.4. The first-order valence-electron chi connectivity index (χ1n) is 5.36. The number of methoxy groups -OCH3 is 2. The average Bonchev–Trinajstić information content (AvgIpc) is 2.84. The topological polar surface area (TPSA) is 99.4 Å². The first kappa shape index (κ1) is 12.8. The Bertz CT molecular complexity index is 596. The minimum absolute atomic E-state index is 0.304. The number of carboxylic acids is 1. The van der Waals surface area contributed by atoms with Crippen LogP contribution in [0.5, 0.6) is 11.5 Å². The van der Waals surface area contributed by atoms with Crippen LogP contribution in [-0.4, -0.2) is 45.5 Å². The van der Waals surface area contributed by atoms with Gasteiger partial charge in [0, 0.05) is 0 Å². The van der Waals surface area contributed by atoms with Crippen LogP contribution in [0.4, 0.5) is 0 Å². The zero-order valence-electron chi connectivity index (χ0n) is 10.4. The summed E-state index contributed by atoms with van der Waals surface area (Å²) in [4.78, 5) is 10.8. The molecule has 1 N–H and O–H groups in total. The normalized spacial score (nSPS) is 10.2. The third-order valence-electron chi connectivity index (χ3n) is 2.46. The second kappa shape index (κ2) is 5.34. The van der Waals surface area contributed by atoms with Crippen molar-refractivity contribution in [2.75, 3.05) is 14.2 Å². The second-order valence-electron chi connectivity index (χ2n) is 3.59. The molecule has 8 nitrogen and oxygen atoms in total. The van der Waals surface area contributed by atoms with Crippen molar-refractivity contribution in [3.05, 3.63) is 18.2 Å². The average molecular weight is 264 g/mol. The molecule has 0 radical (unpaired) electrons. The molecule has 2 aromatic rings. The van der Waals surface area contributed by atoms with E-state index >= 15 is 0 Å². The summed E-state index contributed by atoms with van der Waals surface area (Å²) < 4.78 is 11.6. The predicted octanol–water partition coefficient (Wildman–Crippen LogP) is 0.442. The van der Waals surface area contributed by atoms with Crippen LogP contribution in [0.3, 0.4) is 0 Å². The molecule has 0 spiro atoms. The summed E-state index contributed by atoms with van der Waals surface area (Å²) in [6.07, 6.45) is 0. The van der Waals surface area contributed by atoms with Gasteiger partial charge in [-0.1, -0.05) is 6.07 Å². The molecule has 0 fully saturated rings. The number of hydrogen-bond donors (Lipinski definition) is 1. The van der Waals surface area contributed by atoms with E-state index < -0.39 is 5.97 Å². The van der Waals surface area contributed by atoms with Gasteiger partial charge in [0.1, 0.15) is 6.54 Å². The van der Waals surface area contributed by atoms with Gasteiger partial charge in [-0.25, -0.2) is 4.68 Å². The molecule has 1 aromatic carbocycles. The molecule has 0 aliphatic heterocycles. The van der Waals surface area contributed by atoms with E-state index in [1.54, 1.807) is 18.2 Å². The molecule has 0 atom stereocenters. The highest BCUT2D eigenvalue weighted by Gasteiger charge is 2.18. The van der Waals surface area contributed by atoms with Crippen LogP contribution in [0.2, 0.25) is 0 Å². The molecule has 0 unspecified atom stereocenters. The lowest BCUT2D eigenvalue weighted by molar-refractivity contribution is -0.137. The number of aromatic nitrogens is 4. The Labute approximate surface area is 108 Å². The largest absolute Gasteiger partial charge is 0.493 e. The maximum absolute atomic E-state index is 10.8. The number of hydrogen-bond acceptors (Lipinski definition) is 6. The molecule has 0 saturated carbocycles. The van der Waals surface area contributed by atoms with Crippen molar-refractivity contribution in [3.63, 3.8) is 0 Å². The van der Waals surface area contributed by atoms with Gasteiger partial charge >= 0.3 is 5.97 Å².